The van der Waals surface area contributed by atoms with E-state index in [9.17, 15) is 9.59 Å². The van der Waals surface area contributed by atoms with Crippen molar-refractivity contribution in [3.63, 3.8) is 0 Å². The molecule has 1 atom stereocenters. The summed E-state index contributed by atoms with van der Waals surface area (Å²) in [6.45, 7) is 4.52. The molecule has 1 aromatic rings. The minimum atomic E-state index is -0.598. The van der Waals surface area contributed by atoms with Gasteiger partial charge in [0.2, 0.25) is 0 Å². The Bertz CT molecular complexity index is 819. The molecule has 0 amide bonds. The highest BCUT2D eigenvalue weighted by molar-refractivity contribution is 6.31. The SMILES string of the molecule is CCOC(=O)C1=C(COCCN)NC(C)=C(C(=O)OC)C1Cc1ccccc1Cl. The number of hydrogen-bond acceptors (Lipinski definition) is 7. The van der Waals surface area contributed by atoms with Gasteiger partial charge < -0.3 is 25.3 Å². The number of ether oxygens (including phenoxy) is 3. The lowest BCUT2D eigenvalue weighted by Crippen LogP contribution is -2.36. The lowest BCUT2D eigenvalue weighted by molar-refractivity contribution is -0.139. The summed E-state index contributed by atoms with van der Waals surface area (Å²) in [5.41, 5.74) is 8.13. The van der Waals surface area contributed by atoms with Crippen molar-refractivity contribution in [3.8, 4) is 0 Å². The summed E-state index contributed by atoms with van der Waals surface area (Å²) in [5.74, 6) is -1.63. The molecule has 1 heterocycles. The number of dihydropyridines is 1. The Hall–Kier alpha value is -2.35. The number of methoxy groups -OCH3 is 1. The van der Waals surface area contributed by atoms with Crippen LogP contribution in [0.5, 0.6) is 0 Å². The van der Waals surface area contributed by atoms with Gasteiger partial charge in [0.15, 0.2) is 0 Å². The van der Waals surface area contributed by atoms with Crippen LogP contribution < -0.4 is 11.1 Å². The van der Waals surface area contributed by atoms with Crippen molar-refractivity contribution >= 4 is 23.5 Å². The molecule has 158 valence electrons. The molecule has 1 aliphatic rings. The molecule has 0 saturated carbocycles. The van der Waals surface area contributed by atoms with Crippen molar-refractivity contribution in [2.45, 2.75) is 20.3 Å². The van der Waals surface area contributed by atoms with Crippen molar-refractivity contribution in [1.82, 2.24) is 5.32 Å². The first-order chi connectivity index (χ1) is 13.9. The van der Waals surface area contributed by atoms with Crippen LogP contribution in [0.4, 0.5) is 0 Å². The van der Waals surface area contributed by atoms with E-state index in [1.54, 1.807) is 19.9 Å². The average Bonchev–Trinajstić information content (AvgIpc) is 2.69. The molecule has 3 N–H and O–H groups in total. The summed E-state index contributed by atoms with van der Waals surface area (Å²) < 4.78 is 15.8. The summed E-state index contributed by atoms with van der Waals surface area (Å²) in [7, 11) is 1.31. The van der Waals surface area contributed by atoms with E-state index >= 15 is 0 Å². The molecule has 2 rings (SSSR count). The van der Waals surface area contributed by atoms with Crippen molar-refractivity contribution in [2.75, 3.05) is 33.5 Å². The second-order valence-electron chi connectivity index (χ2n) is 6.46. The molecule has 0 fully saturated rings. The molecule has 0 aliphatic carbocycles. The molecule has 0 bridgehead atoms. The number of carbonyl (C=O) groups excluding carboxylic acids is 2. The van der Waals surface area contributed by atoms with E-state index in [2.05, 4.69) is 5.32 Å². The number of hydrogen-bond donors (Lipinski definition) is 2. The number of carbonyl (C=O) groups is 2. The molecule has 8 heteroatoms. The summed E-state index contributed by atoms with van der Waals surface area (Å²) in [4.78, 5) is 25.5. The van der Waals surface area contributed by atoms with Gasteiger partial charge in [0.1, 0.15) is 0 Å². The Balaban J connectivity index is 2.56. The van der Waals surface area contributed by atoms with E-state index < -0.39 is 17.9 Å². The summed E-state index contributed by atoms with van der Waals surface area (Å²) in [6, 6.07) is 7.31. The molecular weight excluding hydrogens is 396 g/mol. The van der Waals surface area contributed by atoms with E-state index in [-0.39, 0.29) is 13.2 Å². The lowest BCUT2D eigenvalue weighted by atomic mass is 9.81. The van der Waals surface area contributed by atoms with Gasteiger partial charge in [0, 0.05) is 23.2 Å². The Morgan fingerprint density at radius 1 is 1.21 bits per heavy atom. The molecule has 1 aromatic carbocycles. The van der Waals surface area contributed by atoms with Crippen molar-refractivity contribution in [2.24, 2.45) is 11.7 Å². The number of esters is 2. The van der Waals surface area contributed by atoms with Crippen LogP contribution in [0.2, 0.25) is 5.02 Å². The number of rotatable bonds is 9. The van der Waals surface area contributed by atoms with Gasteiger partial charge in [-0.1, -0.05) is 29.8 Å². The van der Waals surface area contributed by atoms with Gasteiger partial charge in [-0.3, -0.25) is 0 Å². The number of halogens is 1. The second kappa shape index (κ2) is 11.0. The minimum Gasteiger partial charge on any atom is -0.466 e. The molecule has 0 spiro atoms. The molecule has 1 unspecified atom stereocenters. The topological polar surface area (TPSA) is 99.9 Å². The zero-order chi connectivity index (χ0) is 21.4. The van der Waals surface area contributed by atoms with Crippen molar-refractivity contribution in [1.29, 1.82) is 0 Å². The Kier molecular flexibility index (Phi) is 8.70. The van der Waals surface area contributed by atoms with Gasteiger partial charge in [-0.05, 0) is 31.9 Å². The lowest BCUT2D eigenvalue weighted by Gasteiger charge is -2.31. The minimum absolute atomic E-state index is 0.135. The fraction of sp³-hybridized carbons (Fsp3) is 0.429. The third-order valence-electron chi connectivity index (χ3n) is 4.56. The summed E-state index contributed by atoms with van der Waals surface area (Å²) >= 11 is 6.35. The van der Waals surface area contributed by atoms with Crippen molar-refractivity contribution < 1.29 is 23.8 Å². The predicted molar refractivity (Wildman–Crippen MR) is 110 cm³/mol. The van der Waals surface area contributed by atoms with E-state index in [0.29, 0.717) is 47.1 Å². The van der Waals surface area contributed by atoms with Gasteiger partial charge in [-0.2, -0.15) is 0 Å². The molecule has 0 aromatic heterocycles. The smallest absolute Gasteiger partial charge is 0.336 e. The highest BCUT2D eigenvalue weighted by Gasteiger charge is 2.38. The van der Waals surface area contributed by atoms with Crippen LogP contribution in [0, 0.1) is 5.92 Å². The standard InChI is InChI=1S/C21H27ClN2O5/c1-4-29-21(26)19-15(11-14-7-5-6-8-16(14)22)18(20(25)27-3)13(2)24-17(19)12-28-10-9-23/h5-8,15,24H,4,9-12,23H2,1-3H3. The third kappa shape index (κ3) is 5.59. The highest BCUT2D eigenvalue weighted by atomic mass is 35.5. The molecular formula is C21H27ClN2O5. The van der Waals surface area contributed by atoms with E-state index in [1.807, 2.05) is 18.2 Å². The summed E-state index contributed by atoms with van der Waals surface area (Å²) in [6.07, 6.45) is 0.331. The first-order valence-corrected chi connectivity index (χ1v) is 9.79. The zero-order valence-electron chi connectivity index (χ0n) is 16.9. The van der Waals surface area contributed by atoms with Crippen LogP contribution in [-0.4, -0.2) is 45.4 Å². The van der Waals surface area contributed by atoms with Crippen LogP contribution in [0.3, 0.4) is 0 Å². The maximum atomic E-state index is 12.9. The zero-order valence-corrected chi connectivity index (χ0v) is 17.7. The van der Waals surface area contributed by atoms with Crippen LogP contribution in [0.15, 0.2) is 46.8 Å². The van der Waals surface area contributed by atoms with Gasteiger partial charge in [-0.15, -0.1) is 0 Å². The maximum absolute atomic E-state index is 12.9. The third-order valence-corrected chi connectivity index (χ3v) is 4.92. The fourth-order valence-electron chi connectivity index (χ4n) is 3.32. The van der Waals surface area contributed by atoms with Crippen molar-refractivity contribution in [3.05, 3.63) is 57.4 Å². The first-order valence-electron chi connectivity index (χ1n) is 9.42. The second-order valence-corrected chi connectivity index (χ2v) is 6.86. The molecule has 7 nitrogen and oxygen atoms in total. The monoisotopic (exact) mass is 422 g/mol. The molecule has 29 heavy (non-hydrogen) atoms. The molecule has 0 radical (unpaired) electrons. The summed E-state index contributed by atoms with van der Waals surface area (Å²) in [5, 5.41) is 3.67. The molecule has 1 aliphatic heterocycles. The van der Waals surface area contributed by atoms with E-state index in [4.69, 9.17) is 31.5 Å². The highest BCUT2D eigenvalue weighted by Crippen LogP contribution is 2.35. The van der Waals surface area contributed by atoms with Crippen LogP contribution in [0.1, 0.15) is 19.4 Å². The van der Waals surface area contributed by atoms with Crippen LogP contribution in [-0.2, 0) is 30.2 Å². The number of benzene rings is 1. The van der Waals surface area contributed by atoms with E-state index in [1.165, 1.54) is 7.11 Å². The fourth-order valence-corrected chi connectivity index (χ4v) is 3.53. The maximum Gasteiger partial charge on any atom is 0.336 e. The van der Waals surface area contributed by atoms with Crippen LogP contribution >= 0.6 is 11.6 Å². The Morgan fingerprint density at radius 3 is 2.55 bits per heavy atom. The van der Waals surface area contributed by atoms with Crippen LogP contribution in [0.25, 0.3) is 0 Å². The number of nitrogens with one attached hydrogen (secondary N) is 1. The number of nitrogens with two attached hydrogens (primary N) is 1. The Morgan fingerprint density at radius 2 is 1.93 bits per heavy atom. The Labute approximate surface area is 175 Å². The van der Waals surface area contributed by atoms with Gasteiger partial charge in [0.25, 0.3) is 0 Å². The quantitative estimate of drug-likeness (QED) is 0.465. The van der Waals surface area contributed by atoms with Gasteiger partial charge >= 0.3 is 11.9 Å². The number of allylic oxidation sites excluding steroid dienone is 1. The van der Waals surface area contributed by atoms with E-state index in [0.717, 1.165) is 5.56 Å². The normalized spacial score (nSPS) is 16.5. The van der Waals surface area contributed by atoms with Gasteiger partial charge in [-0.25, -0.2) is 9.59 Å². The molecule has 0 saturated heterocycles. The average molecular weight is 423 g/mol. The largest absolute Gasteiger partial charge is 0.466 e. The predicted octanol–water partition coefficient (Wildman–Crippen LogP) is 2.34. The first kappa shape index (κ1) is 22.9. The van der Waals surface area contributed by atoms with Gasteiger partial charge in [0.05, 0.1) is 43.8 Å².